The number of hydrogen-bond donors (Lipinski definition) is 2. The molecule has 0 bridgehead atoms. The Labute approximate surface area is 118 Å². The van der Waals surface area contributed by atoms with Crippen molar-refractivity contribution < 1.29 is 0 Å². The summed E-state index contributed by atoms with van der Waals surface area (Å²) in [4.78, 5) is 10.0. The van der Waals surface area contributed by atoms with E-state index in [4.69, 9.17) is 0 Å². The molecule has 0 atom stereocenters. The second kappa shape index (κ2) is 7.09. The lowest BCUT2D eigenvalue weighted by Gasteiger charge is -2.13. The number of hydrogen-bond acceptors (Lipinski definition) is 5. The Hall–Kier alpha value is -1.62. The molecule has 0 spiro atoms. The van der Waals surface area contributed by atoms with Gasteiger partial charge in [-0.05, 0) is 24.3 Å². The van der Waals surface area contributed by atoms with Gasteiger partial charge in [0.25, 0.3) is 0 Å². The average Bonchev–Trinajstić information content (AvgIpc) is 2.94. The quantitative estimate of drug-likeness (QED) is 0.815. The summed E-state index contributed by atoms with van der Waals surface area (Å²) in [5.41, 5.74) is 1.18. The van der Waals surface area contributed by atoms with Crippen molar-refractivity contribution in [2.24, 2.45) is 0 Å². The first-order valence-electron chi connectivity index (χ1n) is 6.63. The Balaban J connectivity index is 2.02. The van der Waals surface area contributed by atoms with Crippen LogP contribution in [0.25, 0.3) is 0 Å². The van der Waals surface area contributed by atoms with Gasteiger partial charge in [0.1, 0.15) is 18.0 Å². The summed E-state index contributed by atoms with van der Waals surface area (Å²) >= 11 is 1.80. The summed E-state index contributed by atoms with van der Waals surface area (Å²) in [6.07, 6.45) is 4.71. The average molecular weight is 276 g/mol. The van der Waals surface area contributed by atoms with Crippen molar-refractivity contribution in [2.75, 3.05) is 24.2 Å². The van der Waals surface area contributed by atoms with Crippen LogP contribution in [0.4, 0.5) is 11.6 Å². The van der Waals surface area contributed by atoms with Gasteiger partial charge in [0.2, 0.25) is 0 Å². The van der Waals surface area contributed by atoms with Gasteiger partial charge in [-0.2, -0.15) is 0 Å². The molecule has 0 aliphatic heterocycles. The molecule has 2 rings (SSSR count). The zero-order valence-electron chi connectivity index (χ0n) is 11.4. The van der Waals surface area contributed by atoms with Gasteiger partial charge < -0.3 is 10.6 Å². The van der Waals surface area contributed by atoms with Crippen LogP contribution in [0.3, 0.4) is 0 Å². The molecule has 0 aromatic carbocycles. The Kier molecular flexibility index (Phi) is 5.15. The van der Waals surface area contributed by atoms with E-state index >= 15 is 0 Å². The Morgan fingerprint density at radius 1 is 1.21 bits per heavy atom. The molecule has 2 aromatic heterocycles. The predicted molar refractivity (Wildman–Crippen MR) is 82.1 cm³/mol. The van der Waals surface area contributed by atoms with E-state index in [9.17, 15) is 0 Å². The third-order valence-electron chi connectivity index (χ3n) is 2.93. The molecule has 2 N–H and O–H groups in total. The molecule has 0 saturated heterocycles. The van der Waals surface area contributed by atoms with E-state index in [1.54, 1.807) is 17.7 Å². The highest BCUT2D eigenvalue weighted by atomic mass is 32.1. The van der Waals surface area contributed by atoms with Crippen LogP contribution in [-0.4, -0.2) is 23.6 Å². The predicted octanol–water partition coefficient (Wildman–Crippen LogP) is 3.19. The van der Waals surface area contributed by atoms with Crippen LogP contribution < -0.4 is 10.6 Å². The van der Waals surface area contributed by atoms with Crippen molar-refractivity contribution >= 4 is 23.0 Å². The number of aromatic nitrogens is 2. The Morgan fingerprint density at radius 2 is 2.05 bits per heavy atom. The molecular formula is C14H20N4S. The van der Waals surface area contributed by atoms with Crippen LogP contribution in [0.15, 0.2) is 23.8 Å². The largest absolute Gasteiger partial charge is 0.373 e. The highest BCUT2D eigenvalue weighted by Crippen LogP contribution is 2.21. The zero-order chi connectivity index (χ0) is 13.5. The number of nitrogens with zero attached hydrogens (tertiary/aromatic N) is 2. The molecule has 0 saturated carbocycles. The maximum absolute atomic E-state index is 4.37. The smallest absolute Gasteiger partial charge is 0.134 e. The van der Waals surface area contributed by atoms with Crippen molar-refractivity contribution in [3.8, 4) is 0 Å². The Morgan fingerprint density at radius 3 is 2.74 bits per heavy atom. The van der Waals surface area contributed by atoms with E-state index in [-0.39, 0.29) is 0 Å². The molecule has 2 aromatic rings. The van der Waals surface area contributed by atoms with E-state index < -0.39 is 0 Å². The van der Waals surface area contributed by atoms with Crippen LogP contribution in [0.2, 0.25) is 0 Å². The van der Waals surface area contributed by atoms with E-state index in [1.807, 2.05) is 7.05 Å². The monoisotopic (exact) mass is 276 g/mol. The summed E-state index contributed by atoms with van der Waals surface area (Å²) in [6.45, 7) is 3.07. The van der Waals surface area contributed by atoms with Crippen molar-refractivity contribution in [1.82, 2.24) is 9.97 Å². The summed E-state index contributed by atoms with van der Waals surface area (Å²) in [5.74, 6) is 1.88. The topological polar surface area (TPSA) is 49.8 Å². The summed E-state index contributed by atoms with van der Waals surface area (Å²) in [5, 5.41) is 8.68. The fourth-order valence-electron chi connectivity index (χ4n) is 2.03. The van der Waals surface area contributed by atoms with Gasteiger partial charge in [-0.15, -0.1) is 11.3 Å². The second-order valence-corrected chi connectivity index (χ2v) is 5.34. The number of anilines is 2. The summed E-state index contributed by atoms with van der Waals surface area (Å²) in [7, 11) is 1.90. The van der Waals surface area contributed by atoms with Gasteiger partial charge in [-0.25, -0.2) is 9.97 Å². The SMILES string of the molecule is CCCc1c(NC)ncnc1NCCc1cccs1. The Bertz CT molecular complexity index is 496. The molecule has 0 aliphatic carbocycles. The number of nitrogens with one attached hydrogen (secondary N) is 2. The van der Waals surface area contributed by atoms with E-state index in [1.165, 1.54) is 10.4 Å². The van der Waals surface area contributed by atoms with Gasteiger partial charge in [0, 0.05) is 24.0 Å². The number of thiophene rings is 1. The molecule has 2 heterocycles. The molecule has 4 nitrogen and oxygen atoms in total. The van der Waals surface area contributed by atoms with Gasteiger partial charge in [0.15, 0.2) is 0 Å². The van der Waals surface area contributed by atoms with Crippen molar-refractivity contribution in [2.45, 2.75) is 26.2 Å². The fraction of sp³-hybridized carbons (Fsp3) is 0.429. The molecule has 0 fully saturated rings. The molecule has 19 heavy (non-hydrogen) atoms. The highest BCUT2D eigenvalue weighted by Gasteiger charge is 2.09. The van der Waals surface area contributed by atoms with Crippen LogP contribution in [-0.2, 0) is 12.8 Å². The van der Waals surface area contributed by atoms with E-state index in [2.05, 4.69) is 45.0 Å². The maximum Gasteiger partial charge on any atom is 0.134 e. The molecule has 0 aliphatic rings. The third kappa shape index (κ3) is 3.67. The fourth-order valence-corrected chi connectivity index (χ4v) is 2.73. The van der Waals surface area contributed by atoms with Gasteiger partial charge in [-0.3, -0.25) is 0 Å². The van der Waals surface area contributed by atoms with E-state index in [0.717, 1.165) is 37.4 Å². The first kappa shape index (κ1) is 13.8. The standard InChI is InChI=1S/C14H20N4S/c1-3-5-12-13(15-2)17-10-18-14(12)16-8-7-11-6-4-9-19-11/h4,6,9-10H,3,5,7-8H2,1-2H3,(H2,15,16,17,18). The lowest BCUT2D eigenvalue weighted by atomic mass is 10.1. The molecule has 0 radical (unpaired) electrons. The van der Waals surface area contributed by atoms with Crippen LogP contribution in [0.1, 0.15) is 23.8 Å². The molecule has 0 amide bonds. The third-order valence-corrected chi connectivity index (χ3v) is 3.86. The lowest BCUT2D eigenvalue weighted by molar-refractivity contribution is 0.896. The minimum absolute atomic E-state index is 0.900. The first-order valence-corrected chi connectivity index (χ1v) is 7.51. The van der Waals surface area contributed by atoms with Crippen molar-refractivity contribution in [1.29, 1.82) is 0 Å². The van der Waals surface area contributed by atoms with Crippen molar-refractivity contribution in [3.63, 3.8) is 0 Å². The van der Waals surface area contributed by atoms with Crippen LogP contribution in [0, 0.1) is 0 Å². The highest BCUT2D eigenvalue weighted by molar-refractivity contribution is 7.09. The second-order valence-electron chi connectivity index (χ2n) is 4.31. The summed E-state index contributed by atoms with van der Waals surface area (Å²) in [6, 6.07) is 4.25. The first-order chi connectivity index (χ1) is 9.35. The minimum atomic E-state index is 0.900. The van der Waals surface area contributed by atoms with E-state index in [0.29, 0.717) is 0 Å². The van der Waals surface area contributed by atoms with Gasteiger partial charge in [0.05, 0.1) is 0 Å². The number of rotatable bonds is 7. The van der Waals surface area contributed by atoms with Crippen LogP contribution in [0.5, 0.6) is 0 Å². The molecular weight excluding hydrogens is 256 g/mol. The molecule has 102 valence electrons. The lowest BCUT2D eigenvalue weighted by Crippen LogP contribution is -2.10. The molecule has 0 unspecified atom stereocenters. The minimum Gasteiger partial charge on any atom is -0.373 e. The van der Waals surface area contributed by atoms with Crippen molar-refractivity contribution in [3.05, 3.63) is 34.3 Å². The van der Waals surface area contributed by atoms with Gasteiger partial charge in [-0.1, -0.05) is 19.4 Å². The normalized spacial score (nSPS) is 10.4. The van der Waals surface area contributed by atoms with Gasteiger partial charge >= 0.3 is 0 Å². The zero-order valence-corrected chi connectivity index (χ0v) is 12.3. The summed E-state index contributed by atoms with van der Waals surface area (Å²) < 4.78 is 0. The van der Waals surface area contributed by atoms with Crippen LogP contribution >= 0.6 is 11.3 Å². The molecule has 5 heteroatoms. The maximum atomic E-state index is 4.37.